The fourth-order valence-electron chi connectivity index (χ4n) is 6.22. The van der Waals surface area contributed by atoms with Crippen LogP contribution in [0.2, 0.25) is 0 Å². The smallest absolute Gasteiger partial charge is 0.0811 e. The van der Waals surface area contributed by atoms with Gasteiger partial charge in [0, 0.05) is 20.6 Å². The predicted octanol–water partition coefficient (Wildman–Crippen LogP) is 5.73. The number of aliphatic hydroxyl groups is 3. The van der Waals surface area contributed by atoms with Crippen molar-refractivity contribution in [1.82, 2.24) is 0 Å². The lowest BCUT2D eigenvalue weighted by Crippen LogP contribution is -2.35. The fraction of sp³-hybridized carbons (Fsp3) is 0.714. The van der Waals surface area contributed by atoms with Crippen LogP contribution in [-0.2, 0) is 0 Å². The average Bonchev–Trinajstić information content (AvgIpc) is 3.14. The molecule has 174 valence electrons. The topological polar surface area (TPSA) is 60.7 Å². The minimum atomic E-state index is -3.04. The van der Waals surface area contributed by atoms with Crippen LogP contribution in [-0.4, -0.2) is 33.1 Å². The van der Waals surface area contributed by atoms with Gasteiger partial charge >= 0.3 is 0 Å². The first-order chi connectivity index (χ1) is 16.9. The predicted molar refractivity (Wildman–Crippen MR) is 128 cm³/mol. The first-order valence-corrected chi connectivity index (χ1v) is 11.8. The summed E-state index contributed by atoms with van der Waals surface area (Å²) in [4.78, 5) is 0. The van der Waals surface area contributed by atoms with E-state index in [4.69, 9.17) is 8.22 Å². The second-order valence-corrected chi connectivity index (χ2v) is 10.5. The molecule has 31 heavy (non-hydrogen) atoms. The van der Waals surface area contributed by atoms with E-state index < -0.39 is 37.4 Å². The van der Waals surface area contributed by atoms with E-state index in [1.807, 2.05) is 12.2 Å². The van der Waals surface area contributed by atoms with Crippen LogP contribution >= 0.6 is 0 Å². The lowest BCUT2D eigenvalue weighted by molar-refractivity contribution is 0.0436. The molecular formula is C28H44O3. The summed E-state index contributed by atoms with van der Waals surface area (Å²) in [5.74, 6) is -0.220. The first-order valence-electron chi connectivity index (χ1n) is 14.8. The molecule has 0 heterocycles. The quantitative estimate of drug-likeness (QED) is 0.485. The Bertz CT molecular complexity index is 933. The number of hydrogen-bond acceptors (Lipinski definition) is 3. The Morgan fingerprint density at radius 2 is 1.94 bits per heavy atom. The van der Waals surface area contributed by atoms with Gasteiger partial charge in [-0.1, -0.05) is 57.2 Å². The van der Waals surface area contributed by atoms with Crippen molar-refractivity contribution in [3.63, 3.8) is 0 Å². The number of fused-ring (bicyclic) bond motifs is 1. The van der Waals surface area contributed by atoms with E-state index in [0.717, 1.165) is 37.7 Å². The fourth-order valence-corrected chi connectivity index (χ4v) is 6.22. The maximum absolute atomic E-state index is 10.8. The van der Waals surface area contributed by atoms with Crippen LogP contribution in [0.3, 0.4) is 0 Å². The molecule has 0 radical (unpaired) electrons. The van der Waals surface area contributed by atoms with Gasteiger partial charge in [0.25, 0.3) is 0 Å². The van der Waals surface area contributed by atoms with Crippen LogP contribution in [0.25, 0.3) is 0 Å². The van der Waals surface area contributed by atoms with E-state index in [9.17, 15) is 15.3 Å². The van der Waals surface area contributed by atoms with Crippen molar-refractivity contribution < 1.29 is 23.5 Å². The number of hydrogen-bond donors (Lipinski definition) is 3. The highest BCUT2D eigenvalue weighted by atomic mass is 16.3. The Morgan fingerprint density at radius 3 is 2.65 bits per heavy atom. The van der Waals surface area contributed by atoms with Gasteiger partial charge in [-0.25, -0.2) is 0 Å². The van der Waals surface area contributed by atoms with Gasteiger partial charge in [-0.05, 0) is 86.5 Å². The molecule has 0 aromatic carbocycles. The van der Waals surface area contributed by atoms with E-state index in [2.05, 4.69) is 26.5 Å². The molecule has 3 rings (SSSR count). The molecule has 0 aromatic rings. The molecule has 3 heteroatoms. The highest BCUT2D eigenvalue weighted by molar-refractivity contribution is 5.38. The van der Waals surface area contributed by atoms with E-state index in [-0.39, 0.29) is 11.3 Å². The summed E-state index contributed by atoms with van der Waals surface area (Å²) in [6.07, 6.45) is 12.5. The van der Waals surface area contributed by atoms with Crippen molar-refractivity contribution in [2.24, 2.45) is 29.1 Å². The lowest BCUT2D eigenvalue weighted by Gasteiger charge is -2.44. The number of aliphatic hydroxyl groups excluding tert-OH is 2. The zero-order chi connectivity index (χ0) is 28.0. The molecule has 0 spiro atoms. The van der Waals surface area contributed by atoms with Crippen molar-refractivity contribution in [2.75, 3.05) is 0 Å². The lowest BCUT2D eigenvalue weighted by atomic mass is 9.61. The van der Waals surface area contributed by atoms with E-state index in [1.165, 1.54) is 12.5 Å². The first kappa shape index (κ1) is 17.3. The Labute approximate surface area is 198 Å². The molecule has 0 aliphatic heterocycles. The summed E-state index contributed by atoms with van der Waals surface area (Å²) in [6.45, 7) is 3.83. The zero-order valence-corrected chi connectivity index (χ0v) is 19.3. The van der Waals surface area contributed by atoms with Crippen molar-refractivity contribution >= 4 is 0 Å². The van der Waals surface area contributed by atoms with E-state index in [0.29, 0.717) is 30.3 Å². The van der Waals surface area contributed by atoms with Gasteiger partial charge in [0.2, 0.25) is 0 Å². The standard InChI is InChI=1S/C28H44O3/c1-18(9-10-19(2)27(4,5)31)24-13-14-25-21(8-7-15-28(24,25)6)11-12-22-16-23(29)17-26(30)20(22)3/h9-12,18-19,23-26,29-31H,3,7-8,13-17H2,1-2,4-6H3/b10-9+,21-11-,22-12+/t18?,19-,23-,24?,25-,26-,28+/m0/s1/i4D3,5D3. The Morgan fingerprint density at radius 1 is 1.19 bits per heavy atom. The highest BCUT2D eigenvalue weighted by Crippen LogP contribution is 2.59. The second-order valence-electron chi connectivity index (χ2n) is 10.5. The molecule has 3 aliphatic carbocycles. The van der Waals surface area contributed by atoms with Gasteiger partial charge in [0.05, 0.1) is 17.8 Å². The third kappa shape index (κ3) is 5.26. The molecule has 0 amide bonds. The molecule has 3 aliphatic rings. The molecule has 0 saturated heterocycles. The largest absolute Gasteiger partial charge is 0.393 e. The summed E-state index contributed by atoms with van der Waals surface area (Å²) >= 11 is 0. The second kappa shape index (κ2) is 9.37. The summed E-state index contributed by atoms with van der Waals surface area (Å²) in [7, 11) is 0. The average molecular weight is 435 g/mol. The molecule has 2 unspecified atom stereocenters. The normalized spacial score (nSPS) is 43.0. The van der Waals surface area contributed by atoms with Crippen LogP contribution in [0.5, 0.6) is 0 Å². The summed E-state index contributed by atoms with van der Waals surface area (Å²) in [6, 6.07) is 0. The van der Waals surface area contributed by atoms with Gasteiger partial charge in [-0.2, -0.15) is 0 Å². The highest BCUT2D eigenvalue weighted by Gasteiger charge is 2.50. The molecular weight excluding hydrogens is 384 g/mol. The molecule has 3 fully saturated rings. The molecule has 7 atom stereocenters. The summed E-state index contributed by atoms with van der Waals surface area (Å²) in [5, 5.41) is 31.0. The Kier molecular flexibility index (Phi) is 5.24. The van der Waals surface area contributed by atoms with Crippen LogP contribution in [0.15, 0.2) is 47.6 Å². The molecule has 3 nitrogen and oxygen atoms in total. The zero-order valence-electron chi connectivity index (χ0n) is 25.3. The van der Waals surface area contributed by atoms with Crippen LogP contribution < -0.4 is 0 Å². The summed E-state index contributed by atoms with van der Waals surface area (Å²) < 4.78 is 46.2. The molecule has 0 aromatic heterocycles. The minimum Gasteiger partial charge on any atom is -0.393 e. The van der Waals surface area contributed by atoms with Gasteiger partial charge in [-0.15, -0.1) is 0 Å². The maximum Gasteiger partial charge on any atom is 0.0811 e. The maximum atomic E-state index is 10.8. The summed E-state index contributed by atoms with van der Waals surface area (Å²) in [5.41, 5.74) is 0.225. The van der Waals surface area contributed by atoms with E-state index in [1.54, 1.807) is 6.08 Å². The molecule has 3 saturated carbocycles. The van der Waals surface area contributed by atoms with Crippen molar-refractivity contribution in [2.45, 2.75) is 97.2 Å². The van der Waals surface area contributed by atoms with Crippen LogP contribution in [0.1, 0.15) is 87.6 Å². The number of allylic oxidation sites excluding steroid dienone is 4. The molecule has 3 N–H and O–H groups in total. The van der Waals surface area contributed by atoms with Gasteiger partial charge < -0.3 is 15.3 Å². The Balaban J connectivity index is 1.79. The molecule has 0 bridgehead atoms. The SMILES string of the molecule is [2H]C([2H])([2H])C(O)([C@@H](C)/C=C/C(C)C1CC[C@H]2/C(=C\C=C3/C[C@H](O)C[C@H](O)C3=C)CCC[C@]12C)C([2H])([2H])[2H]. The minimum absolute atomic E-state index is 0.0581. The monoisotopic (exact) mass is 434 g/mol. The third-order valence-electron chi connectivity index (χ3n) is 8.30. The van der Waals surface area contributed by atoms with Crippen molar-refractivity contribution in [3.05, 3.63) is 47.6 Å². The third-order valence-corrected chi connectivity index (χ3v) is 8.30. The van der Waals surface area contributed by atoms with Crippen molar-refractivity contribution in [3.8, 4) is 0 Å². The number of rotatable bonds is 5. The van der Waals surface area contributed by atoms with Crippen LogP contribution in [0.4, 0.5) is 0 Å². The van der Waals surface area contributed by atoms with Gasteiger partial charge in [0.15, 0.2) is 0 Å². The van der Waals surface area contributed by atoms with Gasteiger partial charge in [0.1, 0.15) is 0 Å². The van der Waals surface area contributed by atoms with Crippen LogP contribution in [0, 0.1) is 29.1 Å². The van der Waals surface area contributed by atoms with Gasteiger partial charge in [-0.3, -0.25) is 0 Å². The Hall–Kier alpha value is -1.16. The van der Waals surface area contributed by atoms with E-state index >= 15 is 0 Å². The van der Waals surface area contributed by atoms with Crippen molar-refractivity contribution in [1.29, 1.82) is 0 Å².